The maximum Gasteiger partial charge on any atom is 0.348 e. The molecule has 1 atom stereocenters. The molecule has 1 aromatic carbocycles. The number of aliphatic hydroxyl groups is 1. The van der Waals surface area contributed by atoms with Gasteiger partial charge < -0.3 is 19.3 Å². The van der Waals surface area contributed by atoms with Gasteiger partial charge in [-0.1, -0.05) is 24.3 Å². The fourth-order valence-electron chi connectivity index (χ4n) is 4.57. The lowest BCUT2D eigenvalue weighted by Crippen LogP contribution is -2.52. The van der Waals surface area contributed by atoms with Crippen LogP contribution in [0.5, 0.6) is 0 Å². The van der Waals surface area contributed by atoms with Gasteiger partial charge >= 0.3 is 17.6 Å². The Kier molecular flexibility index (Phi) is 9.43. The number of aromatic amines is 1. The highest BCUT2D eigenvalue weighted by Gasteiger charge is 2.39. The number of benzene rings is 1. The molecule has 0 aliphatic heterocycles. The number of carbonyl (C=O) groups excluding carboxylic acids is 2. The zero-order chi connectivity index (χ0) is 30.0. The van der Waals surface area contributed by atoms with Gasteiger partial charge in [-0.2, -0.15) is 0 Å². The summed E-state index contributed by atoms with van der Waals surface area (Å²) in [4.78, 5) is 55.5. The lowest BCUT2D eigenvalue weighted by atomic mass is 9.95. The van der Waals surface area contributed by atoms with Crippen LogP contribution < -0.4 is 11.2 Å². The molecule has 3 aromatic rings. The summed E-state index contributed by atoms with van der Waals surface area (Å²) in [7, 11) is 0. The van der Waals surface area contributed by atoms with Crippen LogP contribution in [0, 0.1) is 6.92 Å². The summed E-state index contributed by atoms with van der Waals surface area (Å²) in [5.41, 5.74) is -2.12. The van der Waals surface area contributed by atoms with E-state index < -0.39 is 40.4 Å². The molecule has 0 aliphatic rings. The molecule has 2 N–H and O–H groups in total. The van der Waals surface area contributed by atoms with Crippen molar-refractivity contribution in [1.82, 2.24) is 9.55 Å². The van der Waals surface area contributed by atoms with E-state index in [9.17, 15) is 24.3 Å². The summed E-state index contributed by atoms with van der Waals surface area (Å²) >= 11 is 0.963. The smallest absolute Gasteiger partial charge is 0.348 e. The predicted molar refractivity (Wildman–Crippen MR) is 153 cm³/mol. The second-order valence-electron chi connectivity index (χ2n) is 11.0. The number of fused-ring (bicyclic) bond motifs is 1. The van der Waals surface area contributed by atoms with Crippen molar-refractivity contribution in [2.75, 3.05) is 13.2 Å². The first-order valence-electron chi connectivity index (χ1n) is 13.2. The standard InChI is InChI=1S/C29H38N2O8S/c1-9-37-25(34)22-17(4)21-23(40-22)30-27(36)31(24(21)33)29(7,8)26(35)39-28(5,6)14-18-11-10-12-19(13-18)20(15-32)38-16(2)3/h10-13,16,20,32H,9,14-15H2,1-8H3,(H,30,36)/t20-/m0/s1. The molecule has 2 aromatic heterocycles. The SMILES string of the molecule is CCOC(=O)c1sc2[nH]c(=O)n(C(C)(C)C(=O)OC(C)(C)Cc3cccc([C@H](CO)OC(C)C)c3)c(=O)c2c1C. The van der Waals surface area contributed by atoms with Crippen LogP contribution in [0.1, 0.15) is 80.9 Å². The number of thiophene rings is 1. The molecule has 0 aliphatic carbocycles. The van der Waals surface area contributed by atoms with Gasteiger partial charge in [0.15, 0.2) is 0 Å². The van der Waals surface area contributed by atoms with Crippen LogP contribution in [0.4, 0.5) is 0 Å². The number of nitrogens with zero attached hydrogens (tertiary/aromatic N) is 1. The molecule has 10 nitrogen and oxygen atoms in total. The van der Waals surface area contributed by atoms with E-state index in [1.165, 1.54) is 13.8 Å². The largest absolute Gasteiger partial charge is 0.462 e. The number of aryl methyl sites for hydroxylation is 1. The molecule has 0 fully saturated rings. The van der Waals surface area contributed by atoms with Crippen LogP contribution in [-0.2, 0) is 31.0 Å². The Hall–Kier alpha value is -3.28. The molecule has 0 amide bonds. The summed E-state index contributed by atoms with van der Waals surface area (Å²) in [6.45, 7) is 13.4. The first kappa shape index (κ1) is 31.3. The summed E-state index contributed by atoms with van der Waals surface area (Å²) in [5.74, 6) is -1.35. The zero-order valence-corrected chi connectivity index (χ0v) is 25.1. The highest BCUT2D eigenvalue weighted by atomic mass is 32.1. The zero-order valence-electron chi connectivity index (χ0n) is 24.2. The normalized spacial score (nSPS) is 13.1. The van der Waals surface area contributed by atoms with Crippen molar-refractivity contribution in [3.05, 3.63) is 66.7 Å². The molecule has 218 valence electrons. The fraction of sp³-hybridized carbons (Fsp3) is 0.517. The van der Waals surface area contributed by atoms with E-state index in [-0.39, 0.29) is 34.4 Å². The van der Waals surface area contributed by atoms with E-state index in [2.05, 4.69) is 4.98 Å². The van der Waals surface area contributed by atoms with Crippen molar-refractivity contribution in [3.8, 4) is 0 Å². The van der Waals surface area contributed by atoms with Gasteiger partial charge in [0.1, 0.15) is 27.0 Å². The van der Waals surface area contributed by atoms with Gasteiger partial charge in [0, 0.05) is 6.42 Å². The average Bonchev–Trinajstić information content (AvgIpc) is 3.18. The molecule has 40 heavy (non-hydrogen) atoms. The second kappa shape index (κ2) is 12.1. The van der Waals surface area contributed by atoms with E-state index in [1.54, 1.807) is 27.7 Å². The van der Waals surface area contributed by atoms with Crippen molar-refractivity contribution >= 4 is 33.5 Å². The van der Waals surface area contributed by atoms with Crippen molar-refractivity contribution < 1.29 is 28.9 Å². The van der Waals surface area contributed by atoms with Gasteiger partial charge in [-0.3, -0.25) is 9.78 Å². The highest BCUT2D eigenvalue weighted by molar-refractivity contribution is 7.20. The lowest BCUT2D eigenvalue weighted by Gasteiger charge is -2.32. The molecule has 3 rings (SSSR count). The number of aliphatic hydroxyl groups excluding tert-OH is 1. The highest BCUT2D eigenvalue weighted by Crippen LogP contribution is 2.29. The molecular formula is C29H38N2O8S. The summed E-state index contributed by atoms with van der Waals surface area (Å²) < 4.78 is 17.6. The maximum atomic E-state index is 13.5. The second-order valence-corrected chi connectivity index (χ2v) is 12.1. The third kappa shape index (κ3) is 6.54. The van der Waals surface area contributed by atoms with Crippen LogP contribution in [0.15, 0.2) is 33.9 Å². The molecule has 0 bridgehead atoms. The van der Waals surface area contributed by atoms with Crippen LogP contribution in [0.25, 0.3) is 10.2 Å². The number of H-pyrrole nitrogens is 1. The average molecular weight is 575 g/mol. The third-order valence-corrected chi connectivity index (χ3v) is 7.62. The number of hydrogen-bond acceptors (Lipinski definition) is 9. The van der Waals surface area contributed by atoms with Crippen molar-refractivity contribution in [3.63, 3.8) is 0 Å². The molecule has 0 unspecified atom stereocenters. The monoisotopic (exact) mass is 574 g/mol. The summed E-state index contributed by atoms with van der Waals surface area (Å²) in [5, 5.41) is 9.92. The quantitative estimate of drug-likeness (QED) is 0.328. The van der Waals surface area contributed by atoms with Crippen LogP contribution in [-0.4, -0.2) is 51.5 Å². The lowest BCUT2D eigenvalue weighted by molar-refractivity contribution is -0.166. The van der Waals surface area contributed by atoms with E-state index in [0.29, 0.717) is 12.0 Å². The van der Waals surface area contributed by atoms with E-state index in [0.717, 1.165) is 27.0 Å². The first-order chi connectivity index (χ1) is 18.6. The topological polar surface area (TPSA) is 137 Å². The van der Waals surface area contributed by atoms with Gasteiger partial charge in [0.05, 0.1) is 24.7 Å². The Morgan fingerprint density at radius 3 is 2.42 bits per heavy atom. The van der Waals surface area contributed by atoms with Crippen molar-refractivity contribution in [1.29, 1.82) is 0 Å². The molecule has 0 saturated carbocycles. The number of ether oxygens (including phenoxy) is 3. The Bertz CT molecular complexity index is 1510. The minimum atomic E-state index is -1.66. The van der Waals surface area contributed by atoms with E-state index in [1.807, 2.05) is 38.1 Å². The van der Waals surface area contributed by atoms with E-state index >= 15 is 0 Å². The number of rotatable bonds is 11. The van der Waals surface area contributed by atoms with Crippen LogP contribution in [0.3, 0.4) is 0 Å². The summed E-state index contributed by atoms with van der Waals surface area (Å²) in [6.07, 6.45) is -0.219. The minimum absolute atomic E-state index is 0.0687. The summed E-state index contributed by atoms with van der Waals surface area (Å²) in [6, 6.07) is 7.50. The number of nitrogens with one attached hydrogen (secondary N) is 1. The number of esters is 2. The number of aromatic nitrogens is 2. The Morgan fingerprint density at radius 2 is 1.82 bits per heavy atom. The minimum Gasteiger partial charge on any atom is -0.462 e. The Balaban J connectivity index is 1.91. The van der Waals surface area contributed by atoms with Crippen LogP contribution >= 0.6 is 11.3 Å². The molecule has 0 saturated heterocycles. The Labute approximate surface area is 236 Å². The fourth-order valence-corrected chi connectivity index (χ4v) is 5.65. The molecule has 0 spiro atoms. The van der Waals surface area contributed by atoms with Gasteiger partial charge in [-0.05, 0) is 72.1 Å². The van der Waals surface area contributed by atoms with Crippen molar-refractivity contribution in [2.45, 2.75) is 85.2 Å². The number of carbonyl (C=O) groups is 2. The first-order valence-corrected chi connectivity index (χ1v) is 14.0. The van der Waals surface area contributed by atoms with Gasteiger partial charge in [0.2, 0.25) is 0 Å². The number of hydrogen-bond donors (Lipinski definition) is 2. The molecule has 11 heteroatoms. The molecule has 2 heterocycles. The molecule has 0 radical (unpaired) electrons. The predicted octanol–water partition coefficient (Wildman–Crippen LogP) is 3.99. The van der Waals surface area contributed by atoms with Crippen molar-refractivity contribution in [2.24, 2.45) is 0 Å². The van der Waals surface area contributed by atoms with Gasteiger partial charge in [-0.25, -0.2) is 19.0 Å². The Morgan fingerprint density at radius 1 is 1.15 bits per heavy atom. The van der Waals surface area contributed by atoms with Crippen LogP contribution in [0.2, 0.25) is 0 Å². The van der Waals surface area contributed by atoms with Gasteiger partial charge in [0.25, 0.3) is 5.56 Å². The van der Waals surface area contributed by atoms with E-state index in [4.69, 9.17) is 14.2 Å². The third-order valence-electron chi connectivity index (χ3n) is 6.43. The van der Waals surface area contributed by atoms with Gasteiger partial charge in [-0.15, -0.1) is 11.3 Å². The maximum absolute atomic E-state index is 13.5. The molecular weight excluding hydrogens is 536 g/mol.